The van der Waals surface area contributed by atoms with E-state index in [0.717, 1.165) is 12.5 Å². The Labute approximate surface area is 156 Å². The molecule has 0 saturated carbocycles. The molecule has 2 aromatic carbocycles. The van der Waals surface area contributed by atoms with Gasteiger partial charge in [0.15, 0.2) is 11.6 Å². The van der Waals surface area contributed by atoms with E-state index in [1.165, 1.54) is 36.4 Å². The van der Waals surface area contributed by atoms with Crippen LogP contribution in [0.1, 0.15) is 29.9 Å². The predicted octanol–water partition coefficient (Wildman–Crippen LogP) is 3.49. The summed E-state index contributed by atoms with van der Waals surface area (Å²) in [5, 5.41) is 3.18. The molecule has 4 nitrogen and oxygen atoms in total. The fourth-order valence-electron chi connectivity index (χ4n) is 3.85. The SMILES string of the molecule is O=S(=O)(O)C[C@H]([C@H](c1ccc(F)cc1)c1cccc(F)c1F)[C@H]1CCCN1. The number of halogens is 3. The van der Waals surface area contributed by atoms with Gasteiger partial charge in [-0.05, 0) is 48.7 Å². The first-order valence-electron chi connectivity index (χ1n) is 8.64. The van der Waals surface area contributed by atoms with E-state index >= 15 is 0 Å². The summed E-state index contributed by atoms with van der Waals surface area (Å²) in [6.07, 6.45) is 1.43. The molecule has 3 rings (SSSR count). The molecule has 27 heavy (non-hydrogen) atoms. The standard InChI is InChI=1S/C19H20F3NO3S/c20-13-8-6-12(7-9-13)18(14-3-1-4-16(21)19(14)22)15(11-27(24,25)26)17-5-2-10-23-17/h1,3-4,6-9,15,17-18,23H,2,5,10-11H2,(H,24,25,26)/t15-,17+,18+/m0/s1. The first-order valence-corrected chi connectivity index (χ1v) is 10.2. The van der Waals surface area contributed by atoms with Crippen LogP contribution in [-0.2, 0) is 10.1 Å². The summed E-state index contributed by atoms with van der Waals surface area (Å²) in [6, 6.07) is 8.62. The molecule has 0 unspecified atom stereocenters. The molecule has 0 radical (unpaired) electrons. The lowest BCUT2D eigenvalue weighted by molar-refractivity contribution is 0.360. The number of hydrogen-bond acceptors (Lipinski definition) is 3. The van der Waals surface area contributed by atoms with Crippen molar-refractivity contribution in [3.63, 3.8) is 0 Å². The van der Waals surface area contributed by atoms with Crippen LogP contribution in [0.25, 0.3) is 0 Å². The number of rotatable bonds is 6. The maximum atomic E-state index is 14.6. The molecule has 3 atom stereocenters. The fourth-order valence-corrected chi connectivity index (χ4v) is 4.76. The second-order valence-electron chi connectivity index (χ2n) is 6.79. The molecule has 0 aliphatic carbocycles. The van der Waals surface area contributed by atoms with Crippen LogP contribution in [0, 0.1) is 23.4 Å². The molecular formula is C19H20F3NO3S. The normalized spacial score (nSPS) is 19.8. The number of benzene rings is 2. The second kappa shape index (κ2) is 8.00. The van der Waals surface area contributed by atoms with Gasteiger partial charge in [0, 0.05) is 17.9 Å². The van der Waals surface area contributed by atoms with E-state index in [-0.39, 0.29) is 11.6 Å². The monoisotopic (exact) mass is 399 g/mol. The van der Waals surface area contributed by atoms with Gasteiger partial charge in [-0.15, -0.1) is 0 Å². The van der Waals surface area contributed by atoms with Crippen molar-refractivity contribution in [1.29, 1.82) is 0 Å². The Hall–Kier alpha value is -1.90. The average molecular weight is 399 g/mol. The Bertz CT molecular complexity index is 897. The van der Waals surface area contributed by atoms with Crippen molar-refractivity contribution >= 4 is 10.1 Å². The van der Waals surface area contributed by atoms with Crippen molar-refractivity contribution in [2.24, 2.45) is 5.92 Å². The van der Waals surface area contributed by atoms with Crippen molar-refractivity contribution in [1.82, 2.24) is 5.32 Å². The molecule has 1 aliphatic heterocycles. The zero-order valence-electron chi connectivity index (χ0n) is 14.4. The summed E-state index contributed by atoms with van der Waals surface area (Å²) in [7, 11) is -4.38. The topological polar surface area (TPSA) is 66.4 Å². The third-order valence-corrected chi connectivity index (χ3v) is 5.80. The minimum Gasteiger partial charge on any atom is -0.314 e. The lowest BCUT2D eigenvalue weighted by Gasteiger charge is -2.32. The van der Waals surface area contributed by atoms with E-state index in [1.54, 1.807) is 0 Å². The lowest BCUT2D eigenvalue weighted by Crippen LogP contribution is -2.39. The minimum absolute atomic E-state index is 0.0241. The van der Waals surface area contributed by atoms with Gasteiger partial charge in [0.05, 0.1) is 5.75 Å². The van der Waals surface area contributed by atoms with Gasteiger partial charge in [0.2, 0.25) is 0 Å². The van der Waals surface area contributed by atoms with Crippen LogP contribution in [0.5, 0.6) is 0 Å². The third-order valence-electron chi connectivity index (χ3n) is 4.99. The van der Waals surface area contributed by atoms with E-state index in [0.29, 0.717) is 18.5 Å². The summed E-state index contributed by atoms with van der Waals surface area (Å²) in [5.74, 6) is -4.89. The van der Waals surface area contributed by atoms with Gasteiger partial charge in [-0.3, -0.25) is 4.55 Å². The van der Waals surface area contributed by atoms with E-state index in [4.69, 9.17) is 0 Å². The molecule has 0 amide bonds. The molecule has 1 saturated heterocycles. The van der Waals surface area contributed by atoms with Crippen molar-refractivity contribution in [2.75, 3.05) is 12.3 Å². The second-order valence-corrected chi connectivity index (χ2v) is 8.28. The van der Waals surface area contributed by atoms with Gasteiger partial charge in [0.25, 0.3) is 10.1 Å². The van der Waals surface area contributed by atoms with Crippen LogP contribution < -0.4 is 5.32 Å². The quantitative estimate of drug-likeness (QED) is 0.730. The molecular weight excluding hydrogens is 379 g/mol. The Morgan fingerprint density at radius 3 is 2.41 bits per heavy atom. The first-order chi connectivity index (χ1) is 12.8. The lowest BCUT2D eigenvalue weighted by atomic mass is 9.77. The molecule has 8 heteroatoms. The minimum atomic E-state index is -4.38. The van der Waals surface area contributed by atoms with Crippen LogP contribution in [0.15, 0.2) is 42.5 Å². The highest BCUT2D eigenvalue weighted by atomic mass is 32.2. The third kappa shape index (κ3) is 4.69. The fraction of sp³-hybridized carbons (Fsp3) is 0.368. The van der Waals surface area contributed by atoms with Crippen molar-refractivity contribution in [2.45, 2.75) is 24.8 Å². The van der Waals surface area contributed by atoms with E-state index < -0.39 is 45.2 Å². The number of hydrogen-bond donors (Lipinski definition) is 2. The summed E-state index contributed by atoms with van der Waals surface area (Å²) in [6.45, 7) is 0.661. The summed E-state index contributed by atoms with van der Waals surface area (Å²) in [4.78, 5) is 0. The van der Waals surface area contributed by atoms with Gasteiger partial charge in [-0.25, -0.2) is 13.2 Å². The van der Waals surface area contributed by atoms with Gasteiger partial charge >= 0.3 is 0 Å². The van der Waals surface area contributed by atoms with Crippen LogP contribution >= 0.6 is 0 Å². The smallest absolute Gasteiger partial charge is 0.265 e. The molecule has 0 bridgehead atoms. The van der Waals surface area contributed by atoms with Crippen molar-refractivity contribution < 1.29 is 26.1 Å². The highest BCUT2D eigenvalue weighted by Crippen LogP contribution is 2.38. The molecule has 0 aromatic heterocycles. The Morgan fingerprint density at radius 1 is 1.11 bits per heavy atom. The Morgan fingerprint density at radius 2 is 1.81 bits per heavy atom. The van der Waals surface area contributed by atoms with Gasteiger partial charge in [-0.2, -0.15) is 8.42 Å². The van der Waals surface area contributed by atoms with Crippen LogP contribution in [0.4, 0.5) is 13.2 Å². The molecule has 2 N–H and O–H groups in total. The van der Waals surface area contributed by atoms with Crippen LogP contribution in [0.2, 0.25) is 0 Å². The van der Waals surface area contributed by atoms with Crippen molar-refractivity contribution in [3.05, 3.63) is 71.0 Å². The average Bonchev–Trinajstić information content (AvgIpc) is 3.13. The predicted molar refractivity (Wildman–Crippen MR) is 95.5 cm³/mol. The Kier molecular flexibility index (Phi) is 5.88. The van der Waals surface area contributed by atoms with Gasteiger partial charge < -0.3 is 5.32 Å². The highest BCUT2D eigenvalue weighted by molar-refractivity contribution is 7.85. The summed E-state index contributed by atoms with van der Waals surface area (Å²) < 4.78 is 74.7. The highest BCUT2D eigenvalue weighted by Gasteiger charge is 2.37. The maximum Gasteiger partial charge on any atom is 0.265 e. The molecule has 2 aromatic rings. The van der Waals surface area contributed by atoms with Crippen LogP contribution in [0.3, 0.4) is 0 Å². The zero-order valence-corrected chi connectivity index (χ0v) is 15.2. The molecule has 1 fully saturated rings. The number of nitrogens with one attached hydrogen (secondary N) is 1. The maximum absolute atomic E-state index is 14.6. The van der Waals surface area contributed by atoms with E-state index in [1.807, 2.05) is 0 Å². The molecule has 0 spiro atoms. The zero-order chi connectivity index (χ0) is 19.6. The summed E-state index contributed by atoms with van der Waals surface area (Å²) >= 11 is 0. The van der Waals surface area contributed by atoms with Gasteiger partial charge in [-0.1, -0.05) is 24.3 Å². The van der Waals surface area contributed by atoms with Crippen LogP contribution in [-0.4, -0.2) is 31.3 Å². The Balaban J connectivity index is 2.16. The largest absolute Gasteiger partial charge is 0.314 e. The van der Waals surface area contributed by atoms with Gasteiger partial charge in [0.1, 0.15) is 5.82 Å². The molecule has 1 aliphatic rings. The molecule has 146 valence electrons. The molecule has 1 heterocycles. The van der Waals surface area contributed by atoms with E-state index in [9.17, 15) is 26.1 Å². The van der Waals surface area contributed by atoms with E-state index in [2.05, 4.69) is 5.32 Å². The summed E-state index contributed by atoms with van der Waals surface area (Å²) in [5.41, 5.74) is 0.423. The first kappa shape index (κ1) is 19.9. The van der Waals surface area contributed by atoms with Crippen molar-refractivity contribution in [3.8, 4) is 0 Å².